The third-order valence-electron chi connectivity index (χ3n) is 4.06. The van der Waals surface area contributed by atoms with E-state index in [4.69, 9.17) is 4.74 Å². The highest BCUT2D eigenvalue weighted by Gasteiger charge is 2.18. The second kappa shape index (κ2) is 10.6. The van der Waals surface area contributed by atoms with Gasteiger partial charge < -0.3 is 14.7 Å². The third kappa shape index (κ3) is 7.91. The van der Waals surface area contributed by atoms with E-state index in [1.807, 2.05) is 0 Å². The Balaban J connectivity index is 2.14. The molecule has 2 unspecified atom stereocenters. The lowest BCUT2D eigenvalue weighted by molar-refractivity contribution is 0.0162. The lowest BCUT2D eigenvalue weighted by atomic mass is 9.96. The summed E-state index contributed by atoms with van der Waals surface area (Å²) in [6.45, 7) is 8.79. The van der Waals surface area contributed by atoms with Crippen molar-refractivity contribution in [2.75, 3.05) is 32.8 Å². The molecule has 1 heterocycles. The van der Waals surface area contributed by atoms with Crippen LogP contribution in [-0.2, 0) is 4.74 Å². The number of aliphatic hydroxyl groups is 1. The van der Waals surface area contributed by atoms with Crippen molar-refractivity contribution in [1.29, 1.82) is 0 Å². The van der Waals surface area contributed by atoms with Gasteiger partial charge in [-0.1, -0.05) is 33.1 Å². The summed E-state index contributed by atoms with van der Waals surface area (Å²) in [5, 5.41) is 10.00. The molecule has 0 bridgehead atoms. The minimum Gasteiger partial charge on any atom is -0.389 e. The Kier molecular flexibility index (Phi) is 9.48. The molecule has 2 atom stereocenters. The average molecular weight is 271 g/mol. The van der Waals surface area contributed by atoms with Crippen LogP contribution in [0.15, 0.2) is 0 Å². The molecule has 0 aromatic heterocycles. The highest BCUT2D eigenvalue weighted by molar-refractivity contribution is 4.72. The Bertz CT molecular complexity index is 211. The molecular weight excluding hydrogens is 238 g/mol. The van der Waals surface area contributed by atoms with Crippen LogP contribution in [0, 0.1) is 5.92 Å². The maximum atomic E-state index is 10.00. The van der Waals surface area contributed by atoms with Gasteiger partial charge in [-0.15, -0.1) is 0 Å². The molecule has 0 aliphatic carbocycles. The molecule has 0 saturated carbocycles. The van der Waals surface area contributed by atoms with E-state index in [2.05, 4.69) is 18.7 Å². The predicted molar refractivity (Wildman–Crippen MR) is 80.4 cm³/mol. The Morgan fingerprint density at radius 2 is 2.05 bits per heavy atom. The molecule has 19 heavy (non-hydrogen) atoms. The normalized spacial score (nSPS) is 23.2. The van der Waals surface area contributed by atoms with E-state index in [1.165, 1.54) is 32.1 Å². The quantitative estimate of drug-likeness (QED) is 0.654. The van der Waals surface area contributed by atoms with E-state index in [9.17, 15) is 5.11 Å². The van der Waals surface area contributed by atoms with Crippen molar-refractivity contribution in [3.63, 3.8) is 0 Å². The number of rotatable bonds is 9. The molecule has 114 valence electrons. The minimum absolute atomic E-state index is 0.320. The Morgan fingerprint density at radius 1 is 1.21 bits per heavy atom. The van der Waals surface area contributed by atoms with Crippen molar-refractivity contribution < 1.29 is 9.84 Å². The average Bonchev–Trinajstić information content (AvgIpc) is 2.61. The van der Waals surface area contributed by atoms with Crippen molar-refractivity contribution in [1.82, 2.24) is 4.90 Å². The van der Waals surface area contributed by atoms with E-state index in [0.29, 0.717) is 6.61 Å². The van der Waals surface area contributed by atoms with Gasteiger partial charge in [-0.25, -0.2) is 0 Å². The van der Waals surface area contributed by atoms with Crippen LogP contribution in [0.25, 0.3) is 0 Å². The number of nitrogens with zero attached hydrogens (tertiary/aromatic N) is 1. The topological polar surface area (TPSA) is 32.7 Å². The van der Waals surface area contributed by atoms with Crippen LogP contribution < -0.4 is 0 Å². The molecule has 3 heteroatoms. The maximum absolute atomic E-state index is 10.00. The van der Waals surface area contributed by atoms with Crippen molar-refractivity contribution in [3.8, 4) is 0 Å². The van der Waals surface area contributed by atoms with Gasteiger partial charge in [0.15, 0.2) is 0 Å². The molecule has 3 nitrogen and oxygen atoms in total. The molecule has 0 aromatic carbocycles. The fourth-order valence-corrected chi connectivity index (χ4v) is 2.92. The second-order valence-corrected chi connectivity index (χ2v) is 5.97. The molecular formula is C16H33NO2. The largest absolute Gasteiger partial charge is 0.389 e. The number of β-amino-alcohol motifs (C(OH)–C–C–N with tert-alkyl or cyclic N) is 1. The molecule has 1 aliphatic heterocycles. The molecule has 0 spiro atoms. The first kappa shape index (κ1) is 16.9. The summed E-state index contributed by atoms with van der Waals surface area (Å²) < 4.78 is 5.49. The fourth-order valence-electron chi connectivity index (χ4n) is 2.92. The van der Waals surface area contributed by atoms with Crippen LogP contribution in [0.3, 0.4) is 0 Å². The summed E-state index contributed by atoms with van der Waals surface area (Å²) >= 11 is 0. The summed E-state index contributed by atoms with van der Waals surface area (Å²) in [6, 6.07) is 0. The van der Waals surface area contributed by atoms with Crippen molar-refractivity contribution in [2.24, 2.45) is 5.92 Å². The van der Waals surface area contributed by atoms with E-state index < -0.39 is 0 Å². The van der Waals surface area contributed by atoms with Crippen molar-refractivity contribution >= 4 is 0 Å². The summed E-state index contributed by atoms with van der Waals surface area (Å²) in [4.78, 5) is 2.42. The molecule has 1 N–H and O–H groups in total. The van der Waals surface area contributed by atoms with Gasteiger partial charge in [0.05, 0.1) is 12.7 Å². The number of likely N-dealkylation sites (tertiary alicyclic amines) is 1. The number of unbranched alkanes of at least 4 members (excludes halogenated alkanes) is 1. The molecule has 0 aromatic rings. The number of hydrogen-bond donors (Lipinski definition) is 1. The van der Waals surface area contributed by atoms with Gasteiger partial charge in [-0.3, -0.25) is 0 Å². The second-order valence-electron chi connectivity index (χ2n) is 5.97. The third-order valence-corrected chi connectivity index (χ3v) is 4.06. The van der Waals surface area contributed by atoms with E-state index in [1.54, 1.807) is 0 Å². The zero-order chi connectivity index (χ0) is 13.9. The van der Waals surface area contributed by atoms with Crippen molar-refractivity contribution in [2.45, 2.75) is 64.9 Å². The minimum atomic E-state index is -0.320. The summed E-state index contributed by atoms with van der Waals surface area (Å²) in [5.41, 5.74) is 0. The number of aliphatic hydroxyl groups excluding tert-OH is 1. The van der Waals surface area contributed by atoms with Gasteiger partial charge in [0.25, 0.3) is 0 Å². The Labute approximate surface area is 119 Å². The summed E-state index contributed by atoms with van der Waals surface area (Å²) in [6.07, 6.45) is 8.56. The SMILES string of the molecule is CCCCOCC(O)CN1CCCC(CCC)CC1. The van der Waals surface area contributed by atoms with Gasteiger partial charge >= 0.3 is 0 Å². The smallest absolute Gasteiger partial charge is 0.0900 e. The van der Waals surface area contributed by atoms with Gasteiger partial charge in [-0.05, 0) is 44.7 Å². The van der Waals surface area contributed by atoms with Crippen LogP contribution in [0.5, 0.6) is 0 Å². The Morgan fingerprint density at radius 3 is 2.79 bits per heavy atom. The standard InChI is InChI=1S/C16H33NO2/c1-3-5-12-19-14-16(18)13-17-10-6-8-15(7-4-2)9-11-17/h15-16,18H,3-14H2,1-2H3. The molecule has 1 aliphatic rings. The zero-order valence-corrected chi connectivity index (χ0v) is 12.9. The summed E-state index contributed by atoms with van der Waals surface area (Å²) in [5.74, 6) is 0.910. The predicted octanol–water partition coefficient (Wildman–Crippen LogP) is 3.07. The van der Waals surface area contributed by atoms with Crippen LogP contribution in [0.1, 0.15) is 58.8 Å². The van der Waals surface area contributed by atoms with Crippen LogP contribution in [0.4, 0.5) is 0 Å². The van der Waals surface area contributed by atoms with Gasteiger partial charge in [0.1, 0.15) is 0 Å². The number of ether oxygens (including phenoxy) is 1. The monoisotopic (exact) mass is 271 g/mol. The molecule has 1 fully saturated rings. The molecule has 0 amide bonds. The number of hydrogen-bond acceptors (Lipinski definition) is 3. The highest BCUT2D eigenvalue weighted by Crippen LogP contribution is 2.21. The molecule has 0 radical (unpaired) electrons. The lowest BCUT2D eigenvalue weighted by Gasteiger charge is -2.23. The highest BCUT2D eigenvalue weighted by atomic mass is 16.5. The summed E-state index contributed by atoms with van der Waals surface area (Å²) in [7, 11) is 0. The van der Waals surface area contributed by atoms with E-state index in [0.717, 1.165) is 45.0 Å². The van der Waals surface area contributed by atoms with Gasteiger partial charge in [0, 0.05) is 13.2 Å². The maximum Gasteiger partial charge on any atom is 0.0900 e. The van der Waals surface area contributed by atoms with Crippen LogP contribution in [0.2, 0.25) is 0 Å². The van der Waals surface area contributed by atoms with Crippen molar-refractivity contribution in [3.05, 3.63) is 0 Å². The molecule has 1 saturated heterocycles. The zero-order valence-electron chi connectivity index (χ0n) is 12.9. The van der Waals surface area contributed by atoms with Crippen LogP contribution in [-0.4, -0.2) is 49.0 Å². The van der Waals surface area contributed by atoms with E-state index >= 15 is 0 Å². The first-order valence-corrected chi connectivity index (χ1v) is 8.24. The first-order valence-electron chi connectivity index (χ1n) is 8.24. The first-order chi connectivity index (χ1) is 9.26. The Hall–Kier alpha value is -0.120. The molecule has 1 rings (SSSR count). The fraction of sp³-hybridized carbons (Fsp3) is 1.00. The van der Waals surface area contributed by atoms with Gasteiger partial charge in [-0.2, -0.15) is 0 Å². The van der Waals surface area contributed by atoms with Gasteiger partial charge in [0.2, 0.25) is 0 Å². The lowest BCUT2D eigenvalue weighted by Crippen LogP contribution is -2.35. The van der Waals surface area contributed by atoms with Crippen LogP contribution >= 0.6 is 0 Å². The van der Waals surface area contributed by atoms with E-state index in [-0.39, 0.29) is 6.10 Å².